The number of rotatable bonds is 11. The second-order valence-electron chi connectivity index (χ2n) is 8.81. The molecule has 0 aliphatic heterocycles. The van der Waals surface area contributed by atoms with Gasteiger partial charge in [-0.15, -0.1) is 0 Å². The summed E-state index contributed by atoms with van der Waals surface area (Å²) in [4.78, 5) is 0. The van der Waals surface area contributed by atoms with Crippen LogP contribution in [0, 0.1) is 41.4 Å². The Labute approximate surface area is 135 Å². The molecule has 126 valence electrons. The van der Waals surface area contributed by atoms with Gasteiger partial charge in [-0.3, -0.25) is 0 Å². The molecule has 5 atom stereocenters. The fourth-order valence-corrected chi connectivity index (χ4v) is 4.09. The topological polar surface area (TPSA) is 0 Å². The molecular weight excluding hydrogens is 252 g/mol. The summed E-state index contributed by atoms with van der Waals surface area (Å²) in [7, 11) is 0. The highest BCUT2D eigenvalue weighted by molar-refractivity contribution is 4.93. The summed E-state index contributed by atoms with van der Waals surface area (Å²) in [6.45, 7) is 17.0. The molecule has 1 rings (SSSR count). The summed E-state index contributed by atoms with van der Waals surface area (Å²) >= 11 is 0. The Kier molecular flexibility index (Phi) is 8.35. The van der Waals surface area contributed by atoms with E-state index < -0.39 is 0 Å². The van der Waals surface area contributed by atoms with Crippen LogP contribution in [0.4, 0.5) is 0 Å². The molecule has 0 bridgehead atoms. The molecule has 0 radical (unpaired) electrons. The first-order chi connectivity index (χ1) is 9.84. The number of hydrogen-bond donors (Lipinski definition) is 0. The summed E-state index contributed by atoms with van der Waals surface area (Å²) in [6.07, 6.45) is 10.2. The first-order valence-corrected chi connectivity index (χ1v) is 9.84. The van der Waals surface area contributed by atoms with Crippen molar-refractivity contribution in [1.29, 1.82) is 0 Å². The van der Waals surface area contributed by atoms with Gasteiger partial charge in [-0.05, 0) is 41.4 Å². The van der Waals surface area contributed by atoms with Crippen LogP contribution in [-0.2, 0) is 0 Å². The molecule has 0 aromatic carbocycles. The third kappa shape index (κ3) is 6.74. The van der Waals surface area contributed by atoms with Gasteiger partial charge in [0.25, 0.3) is 0 Å². The summed E-state index contributed by atoms with van der Waals surface area (Å²) in [6, 6.07) is 0. The molecule has 0 spiro atoms. The second-order valence-corrected chi connectivity index (χ2v) is 8.81. The zero-order valence-electron chi connectivity index (χ0n) is 16.0. The molecule has 21 heavy (non-hydrogen) atoms. The van der Waals surface area contributed by atoms with Gasteiger partial charge in [0, 0.05) is 0 Å². The summed E-state index contributed by atoms with van der Waals surface area (Å²) in [5, 5.41) is 0. The molecule has 0 saturated heterocycles. The second kappa shape index (κ2) is 9.21. The van der Waals surface area contributed by atoms with Crippen molar-refractivity contribution >= 4 is 0 Å². The van der Waals surface area contributed by atoms with Gasteiger partial charge in [0.2, 0.25) is 0 Å². The largest absolute Gasteiger partial charge is 0.0625 e. The molecule has 0 aromatic rings. The van der Waals surface area contributed by atoms with Crippen LogP contribution in [0.2, 0.25) is 0 Å². The lowest BCUT2D eigenvalue weighted by atomic mass is 9.88. The Balaban J connectivity index is 1.96. The van der Waals surface area contributed by atoms with Gasteiger partial charge in [0.15, 0.2) is 0 Å². The van der Waals surface area contributed by atoms with Gasteiger partial charge in [-0.25, -0.2) is 0 Å². The minimum absolute atomic E-state index is 0.853. The van der Waals surface area contributed by atoms with E-state index in [0.717, 1.165) is 41.4 Å². The quantitative estimate of drug-likeness (QED) is 0.354. The summed E-state index contributed by atoms with van der Waals surface area (Å²) < 4.78 is 0. The summed E-state index contributed by atoms with van der Waals surface area (Å²) in [5.74, 6) is 6.71. The maximum absolute atomic E-state index is 2.49. The van der Waals surface area contributed by atoms with Crippen molar-refractivity contribution in [1.82, 2.24) is 0 Å². The van der Waals surface area contributed by atoms with Gasteiger partial charge in [-0.1, -0.05) is 93.4 Å². The van der Waals surface area contributed by atoms with Gasteiger partial charge in [0.1, 0.15) is 0 Å². The van der Waals surface area contributed by atoms with Crippen LogP contribution < -0.4 is 0 Å². The van der Waals surface area contributed by atoms with Crippen molar-refractivity contribution in [2.24, 2.45) is 41.4 Å². The van der Waals surface area contributed by atoms with Gasteiger partial charge >= 0.3 is 0 Å². The molecule has 0 aromatic heterocycles. The molecule has 0 amide bonds. The minimum Gasteiger partial charge on any atom is -0.0625 e. The van der Waals surface area contributed by atoms with Crippen molar-refractivity contribution in [3.63, 3.8) is 0 Å². The lowest BCUT2D eigenvalue weighted by Crippen LogP contribution is -2.06. The van der Waals surface area contributed by atoms with E-state index in [9.17, 15) is 0 Å². The molecule has 0 nitrogen and oxygen atoms in total. The normalized spacial score (nSPS) is 29.4. The Bertz CT molecular complexity index is 259. The molecule has 0 N–H and O–H groups in total. The molecule has 1 fully saturated rings. The molecule has 5 unspecified atom stereocenters. The van der Waals surface area contributed by atoms with Crippen molar-refractivity contribution in [3.8, 4) is 0 Å². The summed E-state index contributed by atoms with van der Waals surface area (Å²) in [5.41, 5.74) is 0. The fraction of sp³-hybridized carbons (Fsp3) is 1.00. The van der Waals surface area contributed by atoms with E-state index in [1.807, 2.05) is 0 Å². The van der Waals surface area contributed by atoms with E-state index in [4.69, 9.17) is 0 Å². The smallest absolute Gasteiger partial charge is 0.0332 e. The highest BCUT2D eigenvalue weighted by Gasteiger charge is 2.45. The van der Waals surface area contributed by atoms with Crippen LogP contribution in [0.15, 0.2) is 0 Å². The molecule has 1 aliphatic carbocycles. The highest BCUT2D eigenvalue weighted by atomic mass is 14.5. The predicted octanol–water partition coefficient (Wildman–Crippen LogP) is 7.18. The molecular formula is C21H42. The first kappa shape index (κ1) is 19.0. The van der Waals surface area contributed by atoms with E-state index in [-0.39, 0.29) is 0 Å². The highest BCUT2D eigenvalue weighted by Crippen LogP contribution is 2.51. The van der Waals surface area contributed by atoms with Gasteiger partial charge in [0.05, 0.1) is 0 Å². The van der Waals surface area contributed by atoms with Crippen molar-refractivity contribution in [2.75, 3.05) is 0 Å². The third-order valence-corrected chi connectivity index (χ3v) is 6.67. The van der Waals surface area contributed by atoms with E-state index in [0.29, 0.717) is 0 Å². The molecule has 1 aliphatic rings. The monoisotopic (exact) mass is 294 g/mol. The maximum Gasteiger partial charge on any atom is -0.0332 e. The SMILES string of the molecule is CC(CCCCCC(C)C1C(C)C1C)CCC(C)C(C)C. The molecule has 1 saturated carbocycles. The Hall–Kier alpha value is 0. The van der Waals surface area contributed by atoms with E-state index in [1.165, 1.54) is 44.9 Å². The Morgan fingerprint density at radius 2 is 1.24 bits per heavy atom. The van der Waals surface area contributed by atoms with E-state index in [2.05, 4.69) is 48.5 Å². The van der Waals surface area contributed by atoms with Crippen molar-refractivity contribution < 1.29 is 0 Å². The Morgan fingerprint density at radius 3 is 1.76 bits per heavy atom. The first-order valence-electron chi connectivity index (χ1n) is 9.84. The molecule has 0 heterocycles. The zero-order valence-corrected chi connectivity index (χ0v) is 16.0. The lowest BCUT2D eigenvalue weighted by molar-refractivity contribution is 0.337. The van der Waals surface area contributed by atoms with Gasteiger partial charge < -0.3 is 0 Å². The van der Waals surface area contributed by atoms with Crippen molar-refractivity contribution in [2.45, 2.75) is 93.4 Å². The van der Waals surface area contributed by atoms with Crippen LogP contribution in [0.25, 0.3) is 0 Å². The number of hydrogen-bond acceptors (Lipinski definition) is 0. The third-order valence-electron chi connectivity index (χ3n) is 6.67. The van der Waals surface area contributed by atoms with Crippen LogP contribution in [-0.4, -0.2) is 0 Å². The average molecular weight is 295 g/mol. The molecule has 0 heteroatoms. The number of unbranched alkanes of at least 4 members (excludes halogenated alkanes) is 2. The van der Waals surface area contributed by atoms with Crippen LogP contribution >= 0.6 is 0 Å². The zero-order chi connectivity index (χ0) is 16.0. The minimum atomic E-state index is 0.853. The average Bonchev–Trinajstić information content (AvgIpc) is 3.02. The predicted molar refractivity (Wildman–Crippen MR) is 96.5 cm³/mol. The van der Waals surface area contributed by atoms with E-state index >= 15 is 0 Å². The lowest BCUT2D eigenvalue weighted by Gasteiger charge is -2.18. The van der Waals surface area contributed by atoms with Crippen LogP contribution in [0.1, 0.15) is 93.4 Å². The Morgan fingerprint density at radius 1 is 0.667 bits per heavy atom. The van der Waals surface area contributed by atoms with E-state index in [1.54, 1.807) is 0 Å². The fourth-order valence-electron chi connectivity index (χ4n) is 4.09. The standard InChI is InChI=1S/C21H42/c1-15(2)17(4)14-13-16(3)11-9-8-10-12-18(5)21-19(6)20(21)7/h15-21H,8-14H2,1-7H3. The van der Waals surface area contributed by atoms with Crippen LogP contribution in [0.3, 0.4) is 0 Å². The van der Waals surface area contributed by atoms with Gasteiger partial charge in [-0.2, -0.15) is 0 Å². The van der Waals surface area contributed by atoms with Crippen molar-refractivity contribution in [3.05, 3.63) is 0 Å². The van der Waals surface area contributed by atoms with Crippen LogP contribution in [0.5, 0.6) is 0 Å². The maximum atomic E-state index is 2.49.